The Bertz CT molecular complexity index is 1650. The van der Waals surface area contributed by atoms with Gasteiger partial charge in [0.1, 0.15) is 5.82 Å². The number of carbonyl (C=O) groups excluding carboxylic acids is 1. The van der Waals surface area contributed by atoms with Crippen LogP contribution in [0.25, 0.3) is 0 Å². The van der Waals surface area contributed by atoms with Gasteiger partial charge >= 0.3 is 0 Å². The van der Waals surface area contributed by atoms with E-state index in [9.17, 15) is 13.2 Å². The van der Waals surface area contributed by atoms with Gasteiger partial charge in [0.05, 0.1) is 35.4 Å². The summed E-state index contributed by atoms with van der Waals surface area (Å²) in [4.78, 5) is 20.4. The molecule has 3 aliphatic rings. The summed E-state index contributed by atoms with van der Waals surface area (Å²) >= 11 is 0. The van der Waals surface area contributed by atoms with E-state index < -0.39 is 10.0 Å². The summed E-state index contributed by atoms with van der Waals surface area (Å²) in [5.74, 6) is 1.71. The Morgan fingerprint density at radius 1 is 0.841 bits per heavy atom. The van der Waals surface area contributed by atoms with E-state index in [-0.39, 0.29) is 22.6 Å². The van der Waals surface area contributed by atoms with E-state index >= 15 is 0 Å². The van der Waals surface area contributed by atoms with E-state index in [1.807, 2.05) is 56.3 Å². The predicted molar refractivity (Wildman–Crippen MR) is 170 cm³/mol. The summed E-state index contributed by atoms with van der Waals surface area (Å²) in [5, 5.41) is 6.31. The van der Waals surface area contributed by atoms with Gasteiger partial charge < -0.3 is 14.4 Å². The Hall–Kier alpha value is -4.22. The van der Waals surface area contributed by atoms with Gasteiger partial charge in [0.25, 0.3) is 5.91 Å². The van der Waals surface area contributed by atoms with Crippen molar-refractivity contribution < 1.29 is 22.7 Å². The maximum atomic E-state index is 13.7. The molecule has 3 aromatic rings. The van der Waals surface area contributed by atoms with Crippen LogP contribution in [0, 0.1) is 11.8 Å². The van der Waals surface area contributed by atoms with Crippen molar-refractivity contribution in [3.63, 3.8) is 0 Å². The predicted octanol–water partition coefficient (Wildman–Crippen LogP) is 4.72. The number of aromatic nitrogens is 1. The van der Waals surface area contributed by atoms with Crippen molar-refractivity contribution >= 4 is 33.1 Å². The number of allylic oxidation sites excluding steroid dienone is 2. The van der Waals surface area contributed by atoms with Crippen LogP contribution in [0.3, 0.4) is 0 Å². The normalized spacial score (nSPS) is 20.7. The van der Waals surface area contributed by atoms with Gasteiger partial charge in [-0.1, -0.05) is 18.2 Å². The van der Waals surface area contributed by atoms with Crippen molar-refractivity contribution in [1.29, 1.82) is 0 Å². The third-order valence-corrected chi connectivity index (χ3v) is 10.2. The zero-order chi connectivity index (χ0) is 30.7. The van der Waals surface area contributed by atoms with E-state index in [1.54, 1.807) is 30.5 Å². The molecule has 2 aromatic carbocycles. The number of sulfonamides is 1. The summed E-state index contributed by atoms with van der Waals surface area (Å²) < 4.78 is 40.2. The maximum absolute atomic E-state index is 13.7. The lowest BCUT2D eigenvalue weighted by atomic mass is 9.76. The van der Waals surface area contributed by atoms with Gasteiger partial charge in [-0.25, -0.2) is 18.4 Å². The van der Waals surface area contributed by atoms with Crippen molar-refractivity contribution in [1.82, 2.24) is 9.29 Å². The number of rotatable bonds is 9. The fourth-order valence-corrected chi connectivity index (χ4v) is 7.47. The molecule has 11 heteroatoms. The Morgan fingerprint density at radius 2 is 1.55 bits per heavy atom. The van der Waals surface area contributed by atoms with Crippen molar-refractivity contribution in [2.24, 2.45) is 16.9 Å². The average Bonchev–Trinajstić information content (AvgIpc) is 3.07. The molecule has 230 valence electrons. The minimum atomic E-state index is -3.71. The standard InChI is InChI=1S/C33H37N5O5S/c1-3-42-29-17-12-24(23-30(29)43-4-2)32-27-9-5-6-10-28(27)33(39)38(35-32)25-13-15-26(16-14-25)44(40,41)37-21-19-36(20-22-37)31-11-7-8-18-34-31/h5-8,11-18,23,27-28H,3-4,9-10,19-22H2,1-2H3/t27-,28+/m0/s1. The number of anilines is 2. The molecule has 3 heterocycles. The quantitative estimate of drug-likeness (QED) is 0.321. The fourth-order valence-electron chi connectivity index (χ4n) is 6.05. The first kappa shape index (κ1) is 29.8. The molecule has 1 amide bonds. The molecule has 0 bridgehead atoms. The SMILES string of the molecule is CCOc1ccc(C2=NN(c3ccc(S(=O)(=O)N4CCN(c5ccccn5)CC4)cc3)C(=O)[C@@H]3CC=CC[C@H]23)cc1OCC. The summed E-state index contributed by atoms with van der Waals surface area (Å²) in [6, 6.07) is 17.9. The molecular weight excluding hydrogens is 578 g/mol. The van der Waals surface area contributed by atoms with E-state index in [1.165, 1.54) is 9.31 Å². The number of hydrogen-bond acceptors (Lipinski definition) is 8. The van der Waals surface area contributed by atoms with Crippen LogP contribution in [0.2, 0.25) is 0 Å². The first-order chi connectivity index (χ1) is 21.4. The lowest BCUT2D eigenvalue weighted by molar-refractivity contribution is -0.123. The van der Waals surface area contributed by atoms with Gasteiger partial charge in [-0.3, -0.25) is 4.79 Å². The Labute approximate surface area is 258 Å². The number of hydrazone groups is 1. The van der Waals surface area contributed by atoms with Crippen LogP contribution in [0.4, 0.5) is 11.5 Å². The summed E-state index contributed by atoms with van der Waals surface area (Å²) in [6.07, 6.45) is 7.22. The van der Waals surface area contributed by atoms with Gasteiger partial charge in [-0.2, -0.15) is 9.41 Å². The molecule has 1 fully saturated rings. The second-order valence-corrected chi connectivity index (χ2v) is 12.8. The Kier molecular flexibility index (Phi) is 8.67. The monoisotopic (exact) mass is 615 g/mol. The number of pyridine rings is 1. The number of benzene rings is 2. The molecule has 0 N–H and O–H groups in total. The molecule has 0 saturated carbocycles. The Balaban J connectivity index is 1.26. The summed E-state index contributed by atoms with van der Waals surface area (Å²) in [5.41, 5.74) is 2.18. The molecule has 2 aliphatic heterocycles. The lowest BCUT2D eigenvalue weighted by Crippen LogP contribution is -2.48. The van der Waals surface area contributed by atoms with Crippen LogP contribution in [0.5, 0.6) is 11.5 Å². The van der Waals surface area contributed by atoms with E-state index in [0.717, 1.165) is 17.1 Å². The van der Waals surface area contributed by atoms with Crippen molar-refractivity contribution in [2.75, 3.05) is 49.3 Å². The molecule has 1 aromatic heterocycles. The summed E-state index contributed by atoms with van der Waals surface area (Å²) in [7, 11) is -3.71. The topological polar surface area (TPSA) is 105 Å². The number of piperazine rings is 1. The van der Waals surface area contributed by atoms with Gasteiger partial charge in [0, 0.05) is 43.9 Å². The van der Waals surface area contributed by atoms with E-state index in [4.69, 9.17) is 14.6 Å². The van der Waals surface area contributed by atoms with Crippen LogP contribution < -0.4 is 19.4 Å². The number of fused-ring (bicyclic) bond motifs is 1. The first-order valence-corrected chi connectivity index (χ1v) is 16.6. The molecule has 10 nitrogen and oxygen atoms in total. The van der Waals surface area contributed by atoms with Crippen molar-refractivity contribution in [2.45, 2.75) is 31.6 Å². The molecule has 6 rings (SSSR count). The van der Waals surface area contributed by atoms with E-state index in [0.29, 0.717) is 69.4 Å². The molecule has 0 unspecified atom stereocenters. The number of amides is 1. The second kappa shape index (κ2) is 12.8. The lowest BCUT2D eigenvalue weighted by Gasteiger charge is -2.37. The highest BCUT2D eigenvalue weighted by Crippen LogP contribution is 2.38. The van der Waals surface area contributed by atoms with Crippen LogP contribution >= 0.6 is 0 Å². The largest absolute Gasteiger partial charge is 0.490 e. The first-order valence-electron chi connectivity index (χ1n) is 15.1. The second-order valence-electron chi connectivity index (χ2n) is 10.9. The molecule has 1 aliphatic carbocycles. The Morgan fingerprint density at radius 3 is 2.23 bits per heavy atom. The molecular formula is C33H37N5O5S. The molecule has 0 spiro atoms. The maximum Gasteiger partial charge on any atom is 0.251 e. The van der Waals surface area contributed by atoms with Crippen LogP contribution in [-0.2, 0) is 14.8 Å². The smallest absolute Gasteiger partial charge is 0.251 e. The third-order valence-electron chi connectivity index (χ3n) is 8.29. The number of ether oxygens (including phenoxy) is 2. The summed E-state index contributed by atoms with van der Waals surface area (Å²) in [6.45, 7) is 6.70. The zero-order valence-electron chi connectivity index (χ0n) is 25.0. The van der Waals surface area contributed by atoms with Crippen LogP contribution in [-0.4, -0.2) is 68.7 Å². The van der Waals surface area contributed by atoms with Crippen LogP contribution in [0.15, 0.2) is 89.0 Å². The fraction of sp³-hybridized carbons (Fsp3) is 0.364. The third kappa shape index (κ3) is 5.81. The minimum Gasteiger partial charge on any atom is -0.490 e. The van der Waals surface area contributed by atoms with Gasteiger partial charge in [0.15, 0.2) is 11.5 Å². The average molecular weight is 616 g/mol. The molecule has 2 atom stereocenters. The zero-order valence-corrected chi connectivity index (χ0v) is 25.8. The number of nitrogens with zero attached hydrogens (tertiary/aromatic N) is 5. The van der Waals surface area contributed by atoms with Gasteiger partial charge in [-0.15, -0.1) is 0 Å². The van der Waals surface area contributed by atoms with Crippen molar-refractivity contribution in [3.8, 4) is 11.5 Å². The molecule has 0 radical (unpaired) electrons. The van der Waals surface area contributed by atoms with E-state index in [2.05, 4.69) is 16.0 Å². The highest BCUT2D eigenvalue weighted by molar-refractivity contribution is 7.89. The number of carbonyl (C=O) groups is 1. The van der Waals surface area contributed by atoms with Crippen molar-refractivity contribution in [3.05, 3.63) is 84.6 Å². The number of hydrogen-bond donors (Lipinski definition) is 0. The van der Waals surface area contributed by atoms with Gasteiger partial charge in [-0.05, 0) is 81.3 Å². The van der Waals surface area contributed by atoms with Gasteiger partial charge in [0.2, 0.25) is 10.0 Å². The molecule has 1 saturated heterocycles. The van der Waals surface area contributed by atoms with Crippen LogP contribution in [0.1, 0.15) is 32.3 Å². The highest BCUT2D eigenvalue weighted by atomic mass is 32.2. The molecule has 44 heavy (non-hydrogen) atoms. The highest BCUT2D eigenvalue weighted by Gasteiger charge is 2.41. The minimum absolute atomic E-state index is 0.0689.